The maximum atomic E-state index is 8.93. The number of nitrogens with two attached hydrogens (primary N) is 1. The zero-order valence-electron chi connectivity index (χ0n) is 6.99. The van der Waals surface area contributed by atoms with Crippen molar-refractivity contribution >= 4 is 0 Å². The lowest BCUT2D eigenvalue weighted by atomic mass is 10.2. The summed E-state index contributed by atoms with van der Waals surface area (Å²) in [5.41, 5.74) is 5.76. The lowest BCUT2D eigenvalue weighted by molar-refractivity contribution is -0.00551. The Kier molecular flexibility index (Phi) is 3.30. The molecule has 1 aliphatic rings. The van der Waals surface area contributed by atoms with Gasteiger partial charge in [-0.3, -0.25) is 0 Å². The molecule has 3 heteroatoms. The van der Waals surface area contributed by atoms with Gasteiger partial charge < -0.3 is 15.6 Å². The molecule has 11 heavy (non-hydrogen) atoms. The average Bonchev–Trinajstić information content (AvgIpc) is 2.31. The van der Waals surface area contributed by atoms with Gasteiger partial charge in [-0.25, -0.2) is 0 Å². The average molecular weight is 159 g/mol. The molecule has 0 aliphatic heterocycles. The van der Waals surface area contributed by atoms with Crippen molar-refractivity contribution in [2.45, 2.75) is 44.4 Å². The number of aliphatic hydroxyl groups excluding tert-OH is 1. The van der Waals surface area contributed by atoms with Crippen LogP contribution >= 0.6 is 0 Å². The minimum atomic E-state index is -0.372. The van der Waals surface area contributed by atoms with Crippen molar-refractivity contribution in [1.82, 2.24) is 0 Å². The minimum absolute atomic E-state index is 0.185. The van der Waals surface area contributed by atoms with Gasteiger partial charge in [-0.2, -0.15) is 0 Å². The van der Waals surface area contributed by atoms with Gasteiger partial charge in [0.05, 0.1) is 18.8 Å². The van der Waals surface area contributed by atoms with Crippen LogP contribution < -0.4 is 5.73 Å². The first-order valence-electron chi connectivity index (χ1n) is 4.25. The third-order valence-corrected chi connectivity index (χ3v) is 2.06. The monoisotopic (exact) mass is 159 g/mol. The Hall–Kier alpha value is -0.120. The summed E-state index contributed by atoms with van der Waals surface area (Å²) in [5, 5.41) is 8.93. The van der Waals surface area contributed by atoms with E-state index < -0.39 is 0 Å². The van der Waals surface area contributed by atoms with Crippen molar-refractivity contribution in [2.75, 3.05) is 6.61 Å². The normalized spacial score (nSPS) is 34.1. The molecule has 1 rings (SSSR count). The minimum Gasteiger partial charge on any atom is -0.391 e. The summed E-state index contributed by atoms with van der Waals surface area (Å²) in [4.78, 5) is 0. The third-order valence-electron chi connectivity index (χ3n) is 2.06. The Morgan fingerprint density at radius 1 is 1.64 bits per heavy atom. The van der Waals surface area contributed by atoms with Crippen molar-refractivity contribution in [3.8, 4) is 0 Å². The predicted molar refractivity (Wildman–Crippen MR) is 43.2 cm³/mol. The highest BCUT2D eigenvalue weighted by atomic mass is 16.5. The molecular weight excluding hydrogens is 142 g/mol. The van der Waals surface area contributed by atoms with Gasteiger partial charge in [-0.15, -0.1) is 0 Å². The molecule has 0 saturated heterocycles. The fourth-order valence-electron chi connectivity index (χ4n) is 1.42. The van der Waals surface area contributed by atoms with Crippen molar-refractivity contribution in [2.24, 2.45) is 5.73 Å². The Bertz CT molecular complexity index is 117. The first-order valence-corrected chi connectivity index (χ1v) is 4.25. The van der Waals surface area contributed by atoms with Crippen LogP contribution in [0.3, 0.4) is 0 Å². The van der Waals surface area contributed by atoms with Gasteiger partial charge in [-0.05, 0) is 26.2 Å². The maximum Gasteiger partial charge on any atom is 0.0745 e. The van der Waals surface area contributed by atoms with E-state index in [-0.39, 0.29) is 18.2 Å². The van der Waals surface area contributed by atoms with E-state index in [1.165, 1.54) is 0 Å². The highest BCUT2D eigenvalue weighted by Gasteiger charge is 2.24. The molecule has 3 atom stereocenters. The lowest BCUT2D eigenvalue weighted by Crippen LogP contribution is -2.33. The van der Waals surface area contributed by atoms with Crippen molar-refractivity contribution in [3.63, 3.8) is 0 Å². The van der Waals surface area contributed by atoms with Crippen LogP contribution in [0, 0.1) is 0 Å². The summed E-state index contributed by atoms with van der Waals surface area (Å²) in [6.07, 6.45) is 3.08. The first kappa shape index (κ1) is 8.97. The van der Waals surface area contributed by atoms with Gasteiger partial charge in [0.2, 0.25) is 0 Å². The van der Waals surface area contributed by atoms with E-state index >= 15 is 0 Å². The van der Waals surface area contributed by atoms with E-state index in [1.54, 1.807) is 6.92 Å². The lowest BCUT2D eigenvalue weighted by Gasteiger charge is -2.17. The molecule has 1 aliphatic carbocycles. The van der Waals surface area contributed by atoms with E-state index in [0.29, 0.717) is 6.61 Å². The summed E-state index contributed by atoms with van der Waals surface area (Å²) in [6, 6.07) is 0.189. The maximum absolute atomic E-state index is 8.93. The third kappa shape index (κ3) is 2.77. The van der Waals surface area contributed by atoms with Crippen LogP contribution in [0.5, 0.6) is 0 Å². The number of rotatable bonds is 3. The number of hydrogen-bond donors (Lipinski definition) is 2. The molecule has 0 aromatic heterocycles. The molecule has 1 saturated carbocycles. The quantitative estimate of drug-likeness (QED) is 0.621. The van der Waals surface area contributed by atoms with Gasteiger partial charge in [0, 0.05) is 6.04 Å². The van der Waals surface area contributed by atoms with E-state index in [4.69, 9.17) is 15.6 Å². The number of ether oxygens (including phenoxy) is 1. The van der Waals surface area contributed by atoms with E-state index in [0.717, 1.165) is 19.3 Å². The first-order chi connectivity index (χ1) is 5.20. The van der Waals surface area contributed by atoms with Crippen molar-refractivity contribution in [1.29, 1.82) is 0 Å². The molecule has 3 N–H and O–H groups in total. The molecule has 0 aromatic carbocycles. The number of hydrogen-bond acceptors (Lipinski definition) is 3. The summed E-state index contributed by atoms with van der Waals surface area (Å²) < 4.78 is 5.40. The topological polar surface area (TPSA) is 55.5 Å². The molecule has 0 aromatic rings. The van der Waals surface area contributed by atoms with E-state index in [9.17, 15) is 0 Å². The zero-order valence-corrected chi connectivity index (χ0v) is 6.99. The van der Waals surface area contributed by atoms with Crippen molar-refractivity contribution < 1.29 is 9.84 Å². The highest BCUT2D eigenvalue weighted by molar-refractivity contribution is 4.80. The molecule has 0 bridgehead atoms. The van der Waals surface area contributed by atoms with Crippen LogP contribution in [0.25, 0.3) is 0 Å². The molecule has 3 nitrogen and oxygen atoms in total. The van der Waals surface area contributed by atoms with E-state index in [2.05, 4.69) is 0 Å². The summed E-state index contributed by atoms with van der Waals surface area (Å²) >= 11 is 0. The van der Waals surface area contributed by atoms with Gasteiger partial charge in [-0.1, -0.05) is 0 Å². The molecule has 3 unspecified atom stereocenters. The largest absolute Gasteiger partial charge is 0.391 e. The second-order valence-corrected chi connectivity index (χ2v) is 3.32. The second-order valence-electron chi connectivity index (χ2n) is 3.32. The summed E-state index contributed by atoms with van der Waals surface area (Å²) in [7, 11) is 0. The smallest absolute Gasteiger partial charge is 0.0745 e. The molecular formula is C8H17NO2. The van der Waals surface area contributed by atoms with Gasteiger partial charge >= 0.3 is 0 Å². The highest BCUT2D eigenvalue weighted by Crippen LogP contribution is 2.20. The molecule has 0 spiro atoms. The Labute approximate surface area is 67.5 Å². The molecule has 66 valence electrons. The Morgan fingerprint density at radius 2 is 2.36 bits per heavy atom. The SMILES string of the molecule is CC(O)COC1CCCC1N. The van der Waals surface area contributed by atoms with Gasteiger partial charge in [0.15, 0.2) is 0 Å². The van der Waals surface area contributed by atoms with Crippen LogP contribution in [-0.2, 0) is 4.74 Å². The Morgan fingerprint density at radius 3 is 2.82 bits per heavy atom. The summed E-state index contributed by atoms with van der Waals surface area (Å²) in [6.45, 7) is 2.14. The van der Waals surface area contributed by atoms with Crippen LogP contribution in [-0.4, -0.2) is 30.0 Å². The van der Waals surface area contributed by atoms with Crippen molar-refractivity contribution in [3.05, 3.63) is 0 Å². The molecule has 0 radical (unpaired) electrons. The summed E-state index contributed by atoms with van der Waals surface area (Å²) in [5.74, 6) is 0. The molecule has 0 amide bonds. The fourth-order valence-corrected chi connectivity index (χ4v) is 1.42. The van der Waals surface area contributed by atoms with Crippen LogP contribution in [0.1, 0.15) is 26.2 Å². The molecule has 0 heterocycles. The fraction of sp³-hybridized carbons (Fsp3) is 1.00. The molecule has 1 fully saturated rings. The van der Waals surface area contributed by atoms with E-state index in [1.807, 2.05) is 0 Å². The number of aliphatic hydroxyl groups is 1. The zero-order chi connectivity index (χ0) is 8.27. The predicted octanol–water partition coefficient (Wildman–Crippen LogP) is 0.264. The second kappa shape index (κ2) is 4.04. The van der Waals surface area contributed by atoms with Crippen LogP contribution in [0.15, 0.2) is 0 Å². The standard InChI is InChI=1S/C8H17NO2/c1-6(10)5-11-8-4-2-3-7(8)9/h6-8,10H,2-5,9H2,1H3. The Balaban J connectivity index is 2.15. The van der Waals surface area contributed by atoms with Gasteiger partial charge in [0.1, 0.15) is 0 Å². The van der Waals surface area contributed by atoms with Gasteiger partial charge in [0.25, 0.3) is 0 Å². The van der Waals surface area contributed by atoms with Crippen LogP contribution in [0.2, 0.25) is 0 Å². The van der Waals surface area contributed by atoms with Crippen LogP contribution in [0.4, 0.5) is 0 Å².